The minimum atomic E-state index is -0.498. The van der Waals surface area contributed by atoms with E-state index in [-0.39, 0.29) is 17.4 Å². The zero-order valence-electron chi connectivity index (χ0n) is 14.1. The lowest BCUT2D eigenvalue weighted by atomic mass is 10.1. The molecule has 0 aliphatic rings. The monoisotopic (exact) mass is 343 g/mol. The number of anilines is 3. The first kappa shape index (κ1) is 18.1. The molecule has 0 saturated heterocycles. The zero-order chi connectivity index (χ0) is 18.6. The Morgan fingerprint density at radius 1 is 0.800 bits per heavy atom. The van der Waals surface area contributed by atoms with E-state index < -0.39 is 11.7 Å². The summed E-state index contributed by atoms with van der Waals surface area (Å²) in [5, 5.41) is 7.71. The van der Waals surface area contributed by atoms with Crippen LogP contribution in [0.5, 0.6) is 0 Å². The summed E-state index contributed by atoms with van der Waals surface area (Å²) in [6, 6.07) is 8.83. The lowest BCUT2D eigenvalue weighted by molar-refractivity contribution is -0.115. The smallest absolute Gasteiger partial charge is 0.255 e. The van der Waals surface area contributed by atoms with Crippen LogP contribution >= 0.6 is 0 Å². The summed E-state index contributed by atoms with van der Waals surface area (Å²) < 4.78 is 13.6. The first-order valence-electron chi connectivity index (χ1n) is 7.52. The molecule has 7 heteroatoms. The molecule has 0 aliphatic heterocycles. The molecule has 0 unspecified atom stereocenters. The second-order valence-corrected chi connectivity index (χ2v) is 5.58. The number of halogens is 1. The summed E-state index contributed by atoms with van der Waals surface area (Å²) in [6.45, 7) is 4.29. The summed E-state index contributed by atoms with van der Waals surface area (Å²) in [7, 11) is 0. The van der Waals surface area contributed by atoms with Gasteiger partial charge in [0.2, 0.25) is 11.8 Å². The summed E-state index contributed by atoms with van der Waals surface area (Å²) in [4.78, 5) is 34.9. The van der Waals surface area contributed by atoms with Gasteiger partial charge in [-0.25, -0.2) is 4.39 Å². The summed E-state index contributed by atoms with van der Waals surface area (Å²) in [6.07, 6.45) is 0. The van der Waals surface area contributed by atoms with Crippen molar-refractivity contribution in [2.24, 2.45) is 0 Å². The molecule has 25 heavy (non-hydrogen) atoms. The molecular weight excluding hydrogens is 325 g/mol. The third-order valence-electron chi connectivity index (χ3n) is 3.27. The summed E-state index contributed by atoms with van der Waals surface area (Å²) >= 11 is 0. The highest BCUT2D eigenvalue weighted by atomic mass is 19.1. The Kier molecular flexibility index (Phi) is 5.49. The average molecular weight is 343 g/mol. The number of carbonyl (C=O) groups excluding carboxylic acids is 3. The molecule has 0 heterocycles. The number of hydrogen-bond acceptors (Lipinski definition) is 3. The van der Waals surface area contributed by atoms with Crippen molar-refractivity contribution in [3.63, 3.8) is 0 Å². The van der Waals surface area contributed by atoms with Gasteiger partial charge in [0.15, 0.2) is 0 Å². The van der Waals surface area contributed by atoms with Crippen molar-refractivity contribution in [1.29, 1.82) is 0 Å². The van der Waals surface area contributed by atoms with Gasteiger partial charge < -0.3 is 16.0 Å². The molecule has 2 rings (SSSR count). The van der Waals surface area contributed by atoms with Gasteiger partial charge in [0, 0.05) is 36.5 Å². The molecule has 0 aromatic heterocycles. The molecule has 0 saturated carbocycles. The molecule has 0 aliphatic carbocycles. The molecule has 0 bridgehead atoms. The molecular formula is C18H18FN3O3. The SMILES string of the molecule is CC(=O)Nc1cc(NC(C)=O)cc(C(=O)Nc2ccc(C)c(F)c2)c1. The van der Waals surface area contributed by atoms with Gasteiger partial charge in [-0.2, -0.15) is 0 Å². The highest BCUT2D eigenvalue weighted by Gasteiger charge is 2.12. The Balaban J connectivity index is 2.31. The van der Waals surface area contributed by atoms with Crippen molar-refractivity contribution < 1.29 is 18.8 Å². The Morgan fingerprint density at radius 2 is 1.36 bits per heavy atom. The number of nitrogens with one attached hydrogen (secondary N) is 3. The van der Waals surface area contributed by atoms with E-state index in [4.69, 9.17) is 0 Å². The number of benzene rings is 2. The van der Waals surface area contributed by atoms with E-state index in [2.05, 4.69) is 16.0 Å². The van der Waals surface area contributed by atoms with Gasteiger partial charge >= 0.3 is 0 Å². The number of amides is 3. The Labute approximate surface area is 144 Å². The van der Waals surface area contributed by atoms with Crippen LogP contribution in [-0.2, 0) is 9.59 Å². The molecule has 3 amide bonds. The number of aryl methyl sites for hydroxylation is 1. The highest BCUT2D eigenvalue weighted by Crippen LogP contribution is 2.21. The van der Waals surface area contributed by atoms with Crippen LogP contribution in [0, 0.1) is 12.7 Å². The van der Waals surface area contributed by atoms with E-state index in [0.717, 1.165) is 0 Å². The fraction of sp³-hybridized carbons (Fsp3) is 0.167. The van der Waals surface area contributed by atoms with Gasteiger partial charge in [0.1, 0.15) is 5.82 Å². The Hall–Kier alpha value is -3.22. The predicted octanol–water partition coefficient (Wildman–Crippen LogP) is 3.30. The van der Waals surface area contributed by atoms with E-state index in [1.165, 1.54) is 38.1 Å². The van der Waals surface area contributed by atoms with Gasteiger partial charge in [-0.15, -0.1) is 0 Å². The van der Waals surface area contributed by atoms with E-state index in [1.54, 1.807) is 19.1 Å². The van der Waals surface area contributed by atoms with Crippen molar-refractivity contribution >= 4 is 34.8 Å². The molecule has 130 valence electrons. The normalized spacial score (nSPS) is 10.1. The van der Waals surface area contributed by atoms with Crippen molar-refractivity contribution in [3.8, 4) is 0 Å². The molecule has 2 aromatic carbocycles. The van der Waals surface area contributed by atoms with Crippen LogP contribution < -0.4 is 16.0 Å². The minimum Gasteiger partial charge on any atom is -0.326 e. The van der Waals surface area contributed by atoms with Crippen LogP contribution in [0.3, 0.4) is 0 Å². The molecule has 3 N–H and O–H groups in total. The molecule has 0 atom stereocenters. The van der Waals surface area contributed by atoms with Crippen LogP contribution in [0.25, 0.3) is 0 Å². The lowest BCUT2D eigenvalue weighted by Gasteiger charge is -2.11. The lowest BCUT2D eigenvalue weighted by Crippen LogP contribution is -2.15. The third-order valence-corrected chi connectivity index (χ3v) is 3.27. The standard InChI is InChI=1S/C18H18FN3O3/c1-10-4-5-14(9-17(10)19)22-18(25)13-6-15(20-11(2)23)8-16(7-13)21-12(3)24/h4-9H,1-3H3,(H,20,23)(H,21,24)(H,22,25). The van der Waals surface area contributed by atoms with Gasteiger partial charge in [-0.1, -0.05) is 6.07 Å². The quantitative estimate of drug-likeness (QED) is 0.796. The zero-order valence-corrected chi connectivity index (χ0v) is 14.1. The van der Waals surface area contributed by atoms with Crippen molar-refractivity contribution in [3.05, 3.63) is 53.3 Å². The van der Waals surface area contributed by atoms with Crippen molar-refractivity contribution in [2.45, 2.75) is 20.8 Å². The topological polar surface area (TPSA) is 87.3 Å². The number of rotatable bonds is 4. The van der Waals surface area contributed by atoms with Gasteiger partial charge in [0.25, 0.3) is 5.91 Å². The maximum absolute atomic E-state index is 13.6. The van der Waals surface area contributed by atoms with Crippen LogP contribution in [0.1, 0.15) is 29.8 Å². The Bertz CT molecular complexity index is 815. The molecule has 0 fully saturated rings. The van der Waals surface area contributed by atoms with E-state index in [0.29, 0.717) is 22.6 Å². The highest BCUT2D eigenvalue weighted by molar-refractivity contribution is 6.06. The maximum atomic E-state index is 13.6. The molecule has 2 aromatic rings. The summed E-state index contributed by atoms with van der Waals surface area (Å²) in [5.41, 5.74) is 1.70. The van der Waals surface area contributed by atoms with Gasteiger partial charge in [0.05, 0.1) is 0 Å². The van der Waals surface area contributed by atoms with Gasteiger partial charge in [-0.3, -0.25) is 14.4 Å². The maximum Gasteiger partial charge on any atom is 0.255 e. The average Bonchev–Trinajstić information content (AvgIpc) is 2.49. The van der Waals surface area contributed by atoms with Gasteiger partial charge in [-0.05, 0) is 42.8 Å². The number of carbonyl (C=O) groups is 3. The molecule has 6 nitrogen and oxygen atoms in total. The van der Waals surface area contributed by atoms with E-state index in [1.807, 2.05) is 0 Å². The Morgan fingerprint density at radius 3 is 1.84 bits per heavy atom. The van der Waals surface area contributed by atoms with Crippen LogP contribution in [0.15, 0.2) is 36.4 Å². The second kappa shape index (κ2) is 7.57. The first-order chi connectivity index (χ1) is 11.7. The van der Waals surface area contributed by atoms with Crippen molar-refractivity contribution in [1.82, 2.24) is 0 Å². The van der Waals surface area contributed by atoms with E-state index in [9.17, 15) is 18.8 Å². The van der Waals surface area contributed by atoms with Crippen LogP contribution in [0.4, 0.5) is 21.5 Å². The predicted molar refractivity (Wildman–Crippen MR) is 94.1 cm³/mol. The summed E-state index contributed by atoms with van der Waals surface area (Å²) in [5.74, 6) is -1.55. The van der Waals surface area contributed by atoms with Crippen molar-refractivity contribution in [2.75, 3.05) is 16.0 Å². The van der Waals surface area contributed by atoms with E-state index >= 15 is 0 Å². The second-order valence-electron chi connectivity index (χ2n) is 5.58. The van der Waals surface area contributed by atoms with Crippen LogP contribution in [0.2, 0.25) is 0 Å². The largest absolute Gasteiger partial charge is 0.326 e. The first-order valence-corrected chi connectivity index (χ1v) is 7.52. The fourth-order valence-corrected chi connectivity index (χ4v) is 2.18. The van der Waals surface area contributed by atoms with Crippen LogP contribution in [-0.4, -0.2) is 17.7 Å². The minimum absolute atomic E-state index is 0.205. The molecule has 0 spiro atoms. The number of hydrogen-bond donors (Lipinski definition) is 3. The fourth-order valence-electron chi connectivity index (χ4n) is 2.18. The third kappa shape index (κ3) is 5.13. The molecule has 0 radical (unpaired) electrons.